The smallest absolute Gasteiger partial charge is 0.259 e. The summed E-state index contributed by atoms with van der Waals surface area (Å²) in [6, 6.07) is 0. The molecule has 1 amide bonds. The molecule has 33 heavy (non-hydrogen) atoms. The zero-order chi connectivity index (χ0) is 23.4. The number of amides is 1. The minimum Gasteiger partial charge on any atom is -0.381 e. The highest BCUT2D eigenvalue weighted by molar-refractivity contribution is 7.80. The Kier molecular flexibility index (Phi) is 5.93. The summed E-state index contributed by atoms with van der Waals surface area (Å²) in [4.78, 5) is 15.5. The maximum atomic E-state index is 14.1. The molecule has 3 fully saturated rings. The Morgan fingerprint density at radius 3 is 2.61 bits per heavy atom. The van der Waals surface area contributed by atoms with Gasteiger partial charge in [0.15, 0.2) is 5.11 Å². The molecule has 2 unspecified atom stereocenters. The van der Waals surface area contributed by atoms with E-state index in [-0.39, 0.29) is 35.5 Å². The number of allylic oxidation sites excluding steroid dienone is 2. The quantitative estimate of drug-likeness (QED) is 0.543. The Bertz CT molecular complexity index is 894. The van der Waals surface area contributed by atoms with E-state index >= 15 is 0 Å². The molecule has 1 aliphatic heterocycles. The van der Waals surface area contributed by atoms with Crippen LogP contribution in [0.1, 0.15) is 64.7 Å². The molecule has 2 spiro atoms. The Balaban J connectivity index is 1.49. The third-order valence-corrected chi connectivity index (χ3v) is 8.90. The predicted molar refractivity (Wildman–Crippen MR) is 125 cm³/mol. The number of carbonyl (C=O) groups is 1. The van der Waals surface area contributed by atoms with Crippen LogP contribution in [0.3, 0.4) is 0 Å². The molecule has 2 saturated carbocycles. The van der Waals surface area contributed by atoms with Crippen molar-refractivity contribution in [3.05, 3.63) is 23.3 Å². The molecule has 0 aromatic heterocycles. The van der Waals surface area contributed by atoms with Gasteiger partial charge in [-0.2, -0.15) is 0 Å². The van der Waals surface area contributed by atoms with Crippen molar-refractivity contribution in [3.8, 4) is 0 Å². The van der Waals surface area contributed by atoms with Gasteiger partial charge in [0.25, 0.3) is 5.91 Å². The number of rotatable bonds is 7. The van der Waals surface area contributed by atoms with Gasteiger partial charge in [-0.25, -0.2) is 8.78 Å². The van der Waals surface area contributed by atoms with E-state index in [9.17, 15) is 13.6 Å². The largest absolute Gasteiger partial charge is 0.381 e. The summed E-state index contributed by atoms with van der Waals surface area (Å²) in [5, 5.41) is 3.71. The van der Waals surface area contributed by atoms with Gasteiger partial charge >= 0.3 is 0 Å². The Morgan fingerprint density at radius 1 is 1.24 bits per heavy atom. The van der Waals surface area contributed by atoms with Gasteiger partial charge in [-0.1, -0.05) is 12.2 Å². The third-order valence-electron chi connectivity index (χ3n) is 8.57. The highest BCUT2D eigenvalue weighted by Crippen LogP contribution is 2.62. The second kappa shape index (κ2) is 8.38. The fourth-order valence-corrected chi connectivity index (χ4v) is 6.78. The van der Waals surface area contributed by atoms with Crippen LogP contribution in [-0.2, 0) is 14.3 Å². The van der Waals surface area contributed by atoms with E-state index in [4.69, 9.17) is 21.7 Å². The molecule has 0 aromatic rings. The van der Waals surface area contributed by atoms with Crippen LogP contribution >= 0.6 is 12.2 Å². The van der Waals surface area contributed by atoms with E-state index in [2.05, 4.69) is 24.4 Å². The SMILES string of the molecule is COC1CCC2(CC1)CC1=C(CC(C)(OCC3CC3)C=C1)C21NC(=S)N(CCC(F)F)C1=O. The van der Waals surface area contributed by atoms with Gasteiger partial charge in [-0.3, -0.25) is 9.69 Å². The van der Waals surface area contributed by atoms with E-state index in [1.807, 2.05) is 0 Å². The molecule has 0 bridgehead atoms. The number of nitrogens with zero attached hydrogens (tertiary/aromatic N) is 1. The van der Waals surface area contributed by atoms with Crippen LogP contribution in [0, 0.1) is 11.3 Å². The van der Waals surface area contributed by atoms with Crippen LogP contribution in [0.15, 0.2) is 23.3 Å². The lowest BCUT2D eigenvalue weighted by molar-refractivity contribution is -0.136. The summed E-state index contributed by atoms with van der Waals surface area (Å²) in [6.45, 7) is 2.76. The number of methoxy groups -OCH3 is 1. The molecule has 1 N–H and O–H groups in total. The molecule has 0 aromatic carbocycles. The number of halogens is 2. The van der Waals surface area contributed by atoms with Crippen molar-refractivity contribution in [1.82, 2.24) is 10.2 Å². The summed E-state index contributed by atoms with van der Waals surface area (Å²) >= 11 is 5.57. The second-order valence-electron chi connectivity index (χ2n) is 10.8. The summed E-state index contributed by atoms with van der Waals surface area (Å²) in [6.07, 6.45) is 8.87. The fourth-order valence-electron chi connectivity index (χ4n) is 6.45. The third kappa shape index (κ3) is 3.86. The molecule has 5 aliphatic rings. The van der Waals surface area contributed by atoms with E-state index in [1.54, 1.807) is 7.11 Å². The minimum absolute atomic E-state index is 0.0608. The van der Waals surface area contributed by atoms with Crippen LogP contribution in [0.4, 0.5) is 8.78 Å². The van der Waals surface area contributed by atoms with E-state index in [0.717, 1.165) is 44.3 Å². The van der Waals surface area contributed by atoms with Crippen molar-refractivity contribution < 1.29 is 23.0 Å². The normalized spacial score (nSPS) is 38.2. The van der Waals surface area contributed by atoms with Gasteiger partial charge in [-0.05, 0) is 81.2 Å². The van der Waals surface area contributed by atoms with E-state index in [0.29, 0.717) is 12.3 Å². The van der Waals surface area contributed by atoms with Crippen molar-refractivity contribution in [2.75, 3.05) is 20.3 Å². The van der Waals surface area contributed by atoms with Crippen LogP contribution in [-0.4, -0.2) is 59.9 Å². The van der Waals surface area contributed by atoms with Crippen LogP contribution in [0.25, 0.3) is 0 Å². The summed E-state index contributed by atoms with van der Waals surface area (Å²) < 4.78 is 38.0. The number of alkyl halides is 2. The van der Waals surface area contributed by atoms with Gasteiger partial charge in [0.1, 0.15) is 5.54 Å². The number of hydrogen-bond acceptors (Lipinski definition) is 4. The molecule has 182 valence electrons. The first-order valence-electron chi connectivity index (χ1n) is 12.2. The molecule has 2 atom stereocenters. The lowest BCUT2D eigenvalue weighted by Gasteiger charge is -2.48. The number of thiocarbonyl (C=S) groups is 1. The molecular weight excluding hydrogens is 446 g/mol. The van der Waals surface area contributed by atoms with Crippen molar-refractivity contribution in [2.45, 2.75) is 88.4 Å². The predicted octanol–water partition coefficient (Wildman–Crippen LogP) is 4.52. The molecule has 5 rings (SSSR count). The zero-order valence-electron chi connectivity index (χ0n) is 19.5. The van der Waals surface area contributed by atoms with Crippen LogP contribution in [0.5, 0.6) is 0 Å². The average molecular weight is 481 g/mol. The van der Waals surface area contributed by atoms with Gasteiger partial charge < -0.3 is 14.8 Å². The van der Waals surface area contributed by atoms with Crippen molar-refractivity contribution in [1.29, 1.82) is 0 Å². The summed E-state index contributed by atoms with van der Waals surface area (Å²) in [5.41, 5.74) is 0.432. The monoisotopic (exact) mass is 480 g/mol. The van der Waals surface area contributed by atoms with Gasteiger partial charge in [0.2, 0.25) is 6.43 Å². The average Bonchev–Trinajstić information content (AvgIpc) is 3.54. The summed E-state index contributed by atoms with van der Waals surface area (Å²) in [5.74, 6) is 0.483. The molecule has 5 nitrogen and oxygen atoms in total. The van der Waals surface area contributed by atoms with Crippen molar-refractivity contribution in [2.24, 2.45) is 11.3 Å². The maximum Gasteiger partial charge on any atom is 0.259 e. The number of fused-ring (bicyclic) bond motifs is 2. The highest BCUT2D eigenvalue weighted by atomic mass is 32.1. The first-order chi connectivity index (χ1) is 15.7. The lowest BCUT2D eigenvalue weighted by atomic mass is 9.60. The zero-order valence-corrected chi connectivity index (χ0v) is 20.3. The van der Waals surface area contributed by atoms with Crippen molar-refractivity contribution in [3.63, 3.8) is 0 Å². The molecule has 0 radical (unpaired) electrons. The Morgan fingerprint density at radius 2 is 1.97 bits per heavy atom. The van der Waals surface area contributed by atoms with Gasteiger partial charge in [-0.15, -0.1) is 0 Å². The number of ether oxygens (including phenoxy) is 2. The molecule has 1 saturated heterocycles. The Hall–Kier alpha value is -1.38. The molecule has 4 aliphatic carbocycles. The van der Waals surface area contributed by atoms with Gasteiger partial charge in [0, 0.05) is 31.9 Å². The van der Waals surface area contributed by atoms with E-state index < -0.39 is 17.6 Å². The van der Waals surface area contributed by atoms with Crippen LogP contribution < -0.4 is 5.32 Å². The minimum atomic E-state index is -2.47. The first kappa shape index (κ1) is 23.4. The second-order valence-corrected chi connectivity index (χ2v) is 11.2. The number of nitrogens with one attached hydrogen (secondary N) is 1. The van der Waals surface area contributed by atoms with Gasteiger partial charge in [0.05, 0.1) is 18.3 Å². The van der Waals surface area contributed by atoms with Crippen molar-refractivity contribution >= 4 is 23.2 Å². The molecule has 8 heteroatoms. The first-order valence-corrected chi connectivity index (χ1v) is 12.6. The standard InChI is InChI=1S/C25H34F2N2O3S/c1-23(32-15-16-3-4-16)9-5-17-13-24(10-6-18(31-2)7-11-24)25(19(17)14-23)21(30)29(22(33)28-25)12-8-20(26)27/h5,9,16,18,20H,3-4,6-8,10-15H2,1-2H3,(H,28,33). The summed E-state index contributed by atoms with van der Waals surface area (Å²) in [7, 11) is 1.74. The maximum absolute atomic E-state index is 14.1. The van der Waals surface area contributed by atoms with E-state index in [1.165, 1.54) is 23.3 Å². The fraction of sp³-hybridized carbons (Fsp3) is 0.760. The topological polar surface area (TPSA) is 50.8 Å². The number of carbonyl (C=O) groups excluding carboxylic acids is 1. The van der Waals surface area contributed by atoms with Crippen LogP contribution in [0.2, 0.25) is 0 Å². The Labute approximate surface area is 199 Å². The molecule has 1 heterocycles. The highest BCUT2D eigenvalue weighted by Gasteiger charge is 2.68. The molecular formula is C25H34F2N2O3S. The number of hydrogen-bond donors (Lipinski definition) is 1. The lowest BCUT2D eigenvalue weighted by Crippen LogP contribution is -2.61.